The Bertz CT molecular complexity index is 312. The van der Waals surface area contributed by atoms with Crippen LogP contribution in [-0.4, -0.2) is 64.1 Å². The van der Waals surface area contributed by atoms with Gasteiger partial charge >= 0.3 is 12.0 Å². The van der Waals surface area contributed by atoms with Crippen molar-refractivity contribution in [3.63, 3.8) is 0 Å². The van der Waals surface area contributed by atoms with Gasteiger partial charge in [-0.1, -0.05) is 6.92 Å². The van der Waals surface area contributed by atoms with Crippen molar-refractivity contribution in [1.82, 2.24) is 9.80 Å². The van der Waals surface area contributed by atoms with Crippen molar-refractivity contribution < 1.29 is 14.7 Å². The highest BCUT2D eigenvalue weighted by Crippen LogP contribution is 2.18. The van der Waals surface area contributed by atoms with E-state index in [-0.39, 0.29) is 18.6 Å². The average molecular weight is 274 g/mol. The van der Waals surface area contributed by atoms with E-state index in [1.165, 1.54) is 0 Å². The van der Waals surface area contributed by atoms with Crippen LogP contribution in [0.2, 0.25) is 0 Å². The van der Waals surface area contributed by atoms with Crippen LogP contribution in [0, 0.1) is 5.92 Å². The molecule has 0 radical (unpaired) electrons. The Morgan fingerprint density at radius 1 is 1.56 bits per heavy atom. The quantitative estimate of drug-likeness (QED) is 0.845. The van der Waals surface area contributed by atoms with Crippen LogP contribution in [0.5, 0.6) is 0 Å². The molecule has 2 unspecified atom stereocenters. The standard InChI is InChI=1S/C12H22N2O3S/c1-4-13(7-9(2)11(15)16)12(17)14-5-6-18-8-10(14)3/h9-10H,4-8H2,1-3H3,(H,15,16). The van der Waals surface area contributed by atoms with Gasteiger partial charge in [0, 0.05) is 37.2 Å². The average Bonchev–Trinajstić information content (AvgIpc) is 2.35. The minimum absolute atomic E-state index is 0.0293. The van der Waals surface area contributed by atoms with Crippen LogP contribution < -0.4 is 0 Å². The minimum atomic E-state index is -0.858. The molecular weight excluding hydrogens is 252 g/mol. The molecule has 18 heavy (non-hydrogen) atoms. The van der Waals surface area contributed by atoms with Crippen LogP contribution in [0.15, 0.2) is 0 Å². The smallest absolute Gasteiger partial charge is 0.320 e. The molecule has 0 bridgehead atoms. The Kier molecular flexibility index (Phi) is 5.78. The summed E-state index contributed by atoms with van der Waals surface area (Å²) in [5.74, 6) is 0.534. The summed E-state index contributed by atoms with van der Waals surface area (Å²) in [7, 11) is 0. The Hall–Kier alpha value is -0.910. The van der Waals surface area contributed by atoms with E-state index in [9.17, 15) is 9.59 Å². The summed E-state index contributed by atoms with van der Waals surface area (Å²) in [5, 5.41) is 8.92. The Labute approximate surface area is 113 Å². The number of rotatable bonds is 4. The van der Waals surface area contributed by atoms with Gasteiger partial charge in [0.1, 0.15) is 0 Å². The molecule has 2 amide bonds. The first-order valence-electron chi connectivity index (χ1n) is 6.33. The molecule has 6 heteroatoms. The lowest BCUT2D eigenvalue weighted by molar-refractivity contribution is -0.141. The summed E-state index contributed by atoms with van der Waals surface area (Å²) in [6.45, 7) is 7.14. The molecule has 0 saturated carbocycles. The van der Waals surface area contributed by atoms with E-state index in [4.69, 9.17) is 5.11 Å². The number of aliphatic carboxylic acids is 1. The first-order chi connectivity index (χ1) is 8.47. The number of carboxylic acids is 1. The second-order valence-corrected chi connectivity index (χ2v) is 5.83. The van der Waals surface area contributed by atoms with Crippen LogP contribution >= 0.6 is 11.8 Å². The molecule has 1 saturated heterocycles. The van der Waals surface area contributed by atoms with E-state index in [1.54, 1.807) is 11.8 Å². The molecule has 104 valence electrons. The van der Waals surface area contributed by atoms with Gasteiger partial charge in [0.2, 0.25) is 0 Å². The summed E-state index contributed by atoms with van der Waals surface area (Å²) in [5.41, 5.74) is 0. The van der Waals surface area contributed by atoms with Gasteiger partial charge in [0.05, 0.1) is 5.92 Å². The van der Waals surface area contributed by atoms with Gasteiger partial charge in [-0.3, -0.25) is 4.79 Å². The molecule has 0 aromatic carbocycles. The number of hydrogen-bond donors (Lipinski definition) is 1. The lowest BCUT2D eigenvalue weighted by Crippen LogP contribution is -2.52. The summed E-state index contributed by atoms with van der Waals surface area (Å²) in [4.78, 5) is 26.7. The van der Waals surface area contributed by atoms with Gasteiger partial charge in [-0.2, -0.15) is 11.8 Å². The minimum Gasteiger partial charge on any atom is -0.481 e. The van der Waals surface area contributed by atoms with Crippen molar-refractivity contribution in [2.24, 2.45) is 5.92 Å². The zero-order valence-corrected chi connectivity index (χ0v) is 12.1. The highest BCUT2D eigenvalue weighted by Gasteiger charge is 2.28. The summed E-state index contributed by atoms with van der Waals surface area (Å²) >= 11 is 1.86. The van der Waals surface area contributed by atoms with Gasteiger partial charge in [-0.15, -0.1) is 0 Å². The number of amides is 2. The third-order valence-electron chi connectivity index (χ3n) is 3.18. The van der Waals surface area contributed by atoms with E-state index in [0.29, 0.717) is 6.54 Å². The molecule has 0 aromatic rings. The van der Waals surface area contributed by atoms with E-state index in [2.05, 4.69) is 0 Å². The topological polar surface area (TPSA) is 60.9 Å². The van der Waals surface area contributed by atoms with Crippen molar-refractivity contribution in [1.29, 1.82) is 0 Å². The number of urea groups is 1. The normalized spacial score (nSPS) is 21.5. The van der Waals surface area contributed by atoms with E-state index in [1.807, 2.05) is 30.5 Å². The number of carboxylic acid groups (broad SMARTS) is 1. The third-order valence-corrected chi connectivity index (χ3v) is 4.37. The van der Waals surface area contributed by atoms with Crippen molar-refractivity contribution in [3.05, 3.63) is 0 Å². The zero-order valence-electron chi connectivity index (χ0n) is 11.3. The van der Waals surface area contributed by atoms with Crippen LogP contribution in [0.4, 0.5) is 4.79 Å². The molecule has 0 aromatic heterocycles. The molecule has 1 aliphatic rings. The first kappa shape index (κ1) is 15.1. The van der Waals surface area contributed by atoms with Crippen LogP contribution in [-0.2, 0) is 4.79 Å². The maximum Gasteiger partial charge on any atom is 0.320 e. The largest absolute Gasteiger partial charge is 0.481 e. The Balaban J connectivity index is 2.63. The molecule has 1 rings (SSSR count). The highest BCUT2D eigenvalue weighted by molar-refractivity contribution is 7.99. The predicted molar refractivity (Wildman–Crippen MR) is 72.9 cm³/mol. The fourth-order valence-electron chi connectivity index (χ4n) is 1.94. The number of thioether (sulfide) groups is 1. The Morgan fingerprint density at radius 3 is 2.72 bits per heavy atom. The second kappa shape index (κ2) is 6.87. The molecule has 0 aliphatic carbocycles. The molecule has 1 N–H and O–H groups in total. The first-order valence-corrected chi connectivity index (χ1v) is 7.48. The van der Waals surface area contributed by atoms with E-state index in [0.717, 1.165) is 18.1 Å². The monoisotopic (exact) mass is 274 g/mol. The zero-order chi connectivity index (χ0) is 13.7. The molecule has 1 heterocycles. The lowest BCUT2D eigenvalue weighted by Gasteiger charge is -2.37. The molecule has 1 fully saturated rings. The predicted octanol–water partition coefficient (Wildman–Crippen LogP) is 1.59. The van der Waals surface area contributed by atoms with Crippen molar-refractivity contribution >= 4 is 23.8 Å². The van der Waals surface area contributed by atoms with Crippen molar-refractivity contribution in [3.8, 4) is 0 Å². The summed E-state index contributed by atoms with van der Waals surface area (Å²) in [6.07, 6.45) is 0. The number of carbonyl (C=O) groups excluding carboxylic acids is 1. The third kappa shape index (κ3) is 3.80. The fourth-order valence-corrected chi connectivity index (χ4v) is 2.96. The molecule has 5 nitrogen and oxygen atoms in total. The number of hydrogen-bond acceptors (Lipinski definition) is 3. The SMILES string of the molecule is CCN(CC(C)C(=O)O)C(=O)N1CCSCC1C. The molecule has 2 atom stereocenters. The van der Waals surface area contributed by atoms with Crippen LogP contribution in [0.3, 0.4) is 0 Å². The van der Waals surface area contributed by atoms with Gasteiger partial charge in [0.25, 0.3) is 0 Å². The van der Waals surface area contributed by atoms with Crippen molar-refractivity contribution in [2.75, 3.05) is 31.1 Å². The summed E-state index contributed by atoms with van der Waals surface area (Å²) in [6, 6.07) is 0.198. The molecule has 1 aliphatic heterocycles. The van der Waals surface area contributed by atoms with E-state index < -0.39 is 11.9 Å². The lowest BCUT2D eigenvalue weighted by atomic mass is 10.1. The number of carbonyl (C=O) groups is 2. The van der Waals surface area contributed by atoms with E-state index >= 15 is 0 Å². The maximum absolute atomic E-state index is 12.3. The van der Waals surface area contributed by atoms with Crippen LogP contribution in [0.25, 0.3) is 0 Å². The number of nitrogens with zero attached hydrogens (tertiary/aromatic N) is 2. The van der Waals surface area contributed by atoms with Gasteiger partial charge < -0.3 is 14.9 Å². The molecular formula is C12H22N2O3S. The Morgan fingerprint density at radius 2 is 2.22 bits per heavy atom. The fraction of sp³-hybridized carbons (Fsp3) is 0.833. The molecule has 0 spiro atoms. The summed E-state index contributed by atoms with van der Waals surface area (Å²) < 4.78 is 0. The van der Waals surface area contributed by atoms with Crippen LogP contribution in [0.1, 0.15) is 20.8 Å². The van der Waals surface area contributed by atoms with Gasteiger partial charge in [0.15, 0.2) is 0 Å². The van der Waals surface area contributed by atoms with Gasteiger partial charge in [-0.05, 0) is 13.8 Å². The highest BCUT2D eigenvalue weighted by atomic mass is 32.2. The van der Waals surface area contributed by atoms with Crippen molar-refractivity contribution in [2.45, 2.75) is 26.8 Å². The second-order valence-electron chi connectivity index (χ2n) is 4.68. The maximum atomic E-state index is 12.3. The van der Waals surface area contributed by atoms with Gasteiger partial charge in [-0.25, -0.2) is 4.79 Å².